The number of nitrogens with zero attached hydrogens (tertiary/aromatic N) is 2. The quantitative estimate of drug-likeness (QED) is 0.846. The molecular weight excluding hydrogens is 212 g/mol. The molecule has 4 heteroatoms. The molecule has 1 aromatic heterocycles. The maximum Gasteiger partial charge on any atom is 0.104 e. The number of aromatic nitrogens is 3. The van der Waals surface area contributed by atoms with Crippen molar-refractivity contribution in [1.82, 2.24) is 20.7 Å². The van der Waals surface area contributed by atoms with E-state index in [4.69, 9.17) is 0 Å². The number of benzene rings is 1. The molecule has 0 amide bonds. The van der Waals surface area contributed by atoms with Gasteiger partial charge >= 0.3 is 0 Å². The lowest BCUT2D eigenvalue weighted by atomic mass is 9.97. The molecule has 2 rings (SSSR count). The summed E-state index contributed by atoms with van der Waals surface area (Å²) in [5.74, 6) is 0. The van der Waals surface area contributed by atoms with Gasteiger partial charge in [-0.2, -0.15) is 15.4 Å². The molecule has 17 heavy (non-hydrogen) atoms. The van der Waals surface area contributed by atoms with Crippen molar-refractivity contribution >= 4 is 0 Å². The van der Waals surface area contributed by atoms with Crippen LogP contribution in [0, 0.1) is 13.8 Å². The SMILES string of the molecule is CCNC(c1cn[nH]n1)c1cc(C)ccc1C. The van der Waals surface area contributed by atoms with Crippen LogP contribution in [0.3, 0.4) is 0 Å². The number of aryl methyl sites for hydroxylation is 2. The van der Waals surface area contributed by atoms with Gasteiger partial charge in [0.15, 0.2) is 0 Å². The standard InChI is InChI=1S/C13H18N4/c1-4-14-13(12-8-15-17-16-12)11-7-9(2)5-6-10(11)3/h5-8,13-14H,4H2,1-3H3,(H,15,16,17). The van der Waals surface area contributed by atoms with Gasteiger partial charge in [0.25, 0.3) is 0 Å². The molecule has 2 aromatic rings. The van der Waals surface area contributed by atoms with Crippen LogP contribution in [-0.4, -0.2) is 22.0 Å². The van der Waals surface area contributed by atoms with Gasteiger partial charge in [-0.3, -0.25) is 0 Å². The Bertz CT molecular complexity index is 476. The predicted octanol–water partition coefficient (Wildman–Crippen LogP) is 2.12. The Morgan fingerprint density at radius 1 is 1.35 bits per heavy atom. The largest absolute Gasteiger partial charge is 0.305 e. The monoisotopic (exact) mass is 230 g/mol. The first-order valence-electron chi connectivity index (χ1n) is 5.88. The van der Waals surface area contributed by atoms with Crippen LogP contribution in [0.25, 0.3) is 0 Å². The van der Waals surface area contributed by atoms with E-state index in [9.17, 15) is 0 Å². The summed E-state index contributed by atoms with van der Waals surface area (Å²) in [5.41, 5.74) is 4.72. The van der Waals surface area contributed by atoms with Gasteiger partial charge in [0, 0.05) is 0 Å². The summed E-state index contributed by atoms with van der Waals surface area (Å²) in [6.07, 6.45) is 1.77. The summed E-state index contributed by atoms with van der Waals surface area (Å²) in [6.45, 7) is 7.22. The Labute approximate surface area is 101 Å². The molecule has 1 unspecified atom stereocenters. The maximum atomic E-state index is 4.18. The Hall–Kier alpha value is -1.68. The van der Waals surface area contributed by atoms with Crippen LogP contribution in [0.15, 0.2) is 24.4 Å². The van der Waals surface area contributed by atoms with E-state index in [2.05, 4.69) is 59.7 Å². The van der Waals surface area contributed by atoms with Crippen LogP contribution in [0.2, 0.25) is 0 Å². The first-order valence-corrected chi connectivity index (χ1v) is 5.88. The molecule has 0 saturated carbocycles. The third-order valence-electron chi connectivity index (χ3n) is 2.88. The summed E-state index contributed by atoms with van der Waals surface area (Å²) in [5, 5.41) is 14.2. The second kappa shape index (κ2) is 5.10. The van der Waals surface area contributed by atoms with Gasteiger partial charge in [0.1, 0.15) is 5.69 Å². The van der Waals surface area contributed by atoms with Crippen molar-refractivity contribution in [2.75, 3.05) is 6.54 Å². The van der Waals surface area contributed by atoms with Gasteiger partial charge in [-0.05, 0) is 31.5 Å². The summed E-state index contributed by atoms with van der Waals surface area (Å²) in [6, 6.07) is 6.59. The molecule has 0 radical (unpaired) electrons. The van der Waals surface area contributed by atoms with Crippen LogP contribution in [-0.2, 0) is 0 Å². The second-order valence-corrected chi connectivity index (χ2v) is 4.25. The van der Waals surface area contributed by atoms with E-state index in [1.54, 1.807) is 6.20 Å². The average molecular weight is 230 g/mol. The van der Waals surface area contributed by atoms with Crippen LogP contribution in [0.1, 0.15) is 35.3 Å². The number of hydrogen-bond donors (Lipinski definition) is 2. The van der Waals surface area contributed by atoms with Crippen molar-refractivity contribution in [3.8, 4) is 0 Å². The van der Waals surface area contributed by atoms with E-state index in [-0.39, 0.29) is 6.04 Å². The number of nitrogens with one attached hydrogen (secondary N) is 2. The smallest absolute Gasteiger partial charge is 0.104 e. The molecule has 0 spiro atoms. The fraction of sp³-hybridized carbons (Fsp3) is 0.385. The highest BCUT2D eigenvalue weighted by Crippen LogP contribution is 2.23. The van der Waals surface area contributed by atoms with Crippen LogP contribution < -0.4 is 5.32 Å². The van der Waals surface area contributed by atoms with E-state index < -0.39 is 0 Å². The zero-order valence-corrected chi connectivity index (χ0v) is 10.5. The Morgan fingerprint density at radius 2 is 2.18 bits per heavy atom. The van der Waals surface area contributed by atoms with Crippen molar-refractivity contribution in [3.05, 3.63) is 46.8 Å². The van der Waals surface area contributed by atoms with Crippen molar-refractivity contribution < 1.29 is 0 Å². The average Bonchev–Trinajstić information content (AvgIpc) is 2.83. The van der Waals surface area contributed by atoms with Gasteiger partial charge in [-0.1, -0.05) is 30.7 Å². The first kappa shape index (κ1) is 11.8. The molecule has 1 atom stereocenters. The zero-order valence-electron chi connectivity index (χ0n) is 10.5. The lowest BCUT2D eigenvalue weighted by molar-refractivity contribution is 0.610. The van der Waals surface area contributed by atoms with Crippen molar-refractivity contribution in [2.24, 2.45) is 0 Å². The third kappa shape index (κ3) is 2.53. The highest BCUT2D eigenvalue weighted by molar-refractivity contribution is 5.36. The van der Waals surface area contributed by atoms with Crippen molar-refractivity contribution in [3.63, 3.8) is 0 Å². The number of hydrogen-bond acceptors (Lipinski definition) is 3. The molecule has 90 valence electrons. The van der Waals surface area contributed by atoms with Gasteiger partial charge in [0.05, 0.1) is 12.2 Å². The summed E-state index contributed by atoms with van der Waals surface area (Å²) in [7, 11) is 0. The molecular formula is C13H18N4. The molecule has 2 N–H and O–H groups in total. The molecule has 0 bridgehead atoms. The number of aromatic amines is 1. The van der Waals surface area contributed by atoms with Gasteiger partial charge in [-0.25, -0.2) is 0 Å². The molecule has 0 aliphatic heterocycles. The highest BCUT2D eigenvalue weighted by atomic mass is 15.3. The molecule has 4 nitrogen and oxygen atoms in total. The highest BCUT2D eigenvalue weighted by Gasteiger charge is 2.17. The maximum absolute atomic E-state index is 4.18. The fourth-order valence-electron chi connectivity index (χ4n) is 2.00. The van der Waals surface area contributed by atoms with Crippen LogP contribution in [0.4, 0.5) is 0 Å². The van der Waals surface area contributed by atoms with E-state index in [1.165, 1.54) is 16.7 Å². The minimum atomic E-state index is 0.110. The summed E-state index contributed by atoms with van der Waals surface area (Å²) >= 11 is 0. The van der Waals surface area contributed by atoms with Gasteiger partial charge in [0.2, 0.25) is 0 Å². The minimum absolute atomic E-state index is 0.110. The molecule has 0 fully saturated rings. The van der Waals surface area contributed by atoms with E-state index in [0.717, 1.165) is 12.2 Å². The number of H-pyrrole nitrogens is 1. The van der Waals surface area contributed by atoms with E-state index in [0.29, 0.717) is 0 Å². The van der Waals surface area contributed by atoms with E-state index >= 15 is 0 Å². The molecule has 1 aromatic carbocycles. The fourth-order valence-corrected chi connectivity index (χ4v) is 2.00. The predicted molar refractivity (Wildman–Crippen MR) is 67.8 cm³/mol. The third-order valence-corrected chi connectivity index (χ3v) is 2.88. The Morgan fingerprint density at radius 3 is 2.82 bits per heavy atom. The van der Waals surface area contributed by atoms with Gasteiger partial charge in [-0.15, -0.1) is 0 Å². The second-order valence-electron chi connectivity index (χ2n) is 4.25. The van der Waals surface area contributed by atoms with Crippen molar-refractivity contribution in [2.45, 2.75) is 26.8 Å². The molecule has 0 saturated heterocycles. The van der Waals surface area contributed by atoms with Crippen LogP contribution >= 0.6 is 0 Å². The molecule has 0 aliphatic carbocycles. The van der Waals surface area contributed by atoms with Crippen LogP contribution in [0.5, 0.6) is 0 Å². The summed E-state index contributed by atoms with van der Waals surface area (Å²) < 4.78 is 0. The van der Waals surface area contributed by atoms with Crippen molar-refractivity contribution in [1.29, 1.82) is 0 Å². The minimum Gasteiger partial charge on any atom is -0.305 e. The molecule has 0 aliphatic rings. The molecule has 1 heterocycles. The van der Waals surface area contributed by atoms with Gasteiger partial charge < -0.3 is 5.32 Å². The Balaban J connectivity index is 2.42. The lowest BCUT2D eigenvalue weighted by Gasteiger charge is -2.18. The lowest BCUT2D eigenvalue weighted by Crippen LogP contribution is -2.23. The topological polar surface area (TPSA) is 53.6 Å². The first-order chi connectivity index (χ1) is 8.22. The Kier molecular flexibility index (Phi) is 3.54. The zero-order chi connectivity index (χ0) is 12.3. The van der Waals surface area contributed by atoms with E-state index in [1.807, 2.05) is 0 Å². The summed E-state index contributed by atoms with van der Waals surface area (Å²) in [4.78, 5) is 0. The normalized spacial score (nSPS) is 12.6. The number of rotatable bonds is 4.